The van der Waals surface area contributed by atoms with Gasteiger partial charge in [0.25, 0.3) is 5.91 Å². The Hall–Kier alpha value is -4.32. The average Bonchev–Trinajstić information content (AvgIpc) is 2.88. The molecule has 0 spiro atoms. The third-order valence-corrected chi connectivity index (χ3v) is 4.93. The van der Waals surface area contributed by atoms with Crippen molar-refractivity contribution in [2.45, 2.75) is 13.2 Å². The van der Waals surface area contributed by atoms with Gasteiger partial charge in [-0.2, -0.15) is 0 Å². The van der Waals surface area contributed by atoms with Gasteiger partial charge in [-0.15, -0.1) is 0 Å². The quantitative estimate of drug-likeness (QED) is 0.372. The fourth-order valence-corrected chi connectivity index (χ4v) is 3.15. The van der Waals surface area contributed by atoms with Crippen LogP contribution in [0.2, 0.25) is 0 Å². The van der Waals surface area contributed by atoms with Crippen LogP contribution in [0.1, 0.15) is 21.5 Å². The monoisotopic (exact) mass is 440 g/mol. The van der Waals surface area contributed by atoms with Crippen molar-refractivity contribution in [3.63, 3.8) is 0 Å². The van der Waals surface area contributed by atoms with Crippen LogP contribution in [0.15, 0.2) is 97.3 Å². The molecule has 1 N–H and O–H groups in total. The SMILES string of the molecule is COc1cc(C(=O)Nc2ccc(OCc3ccccc3)cc2)ccc1OCc1ccncc1. The number of carbonyl (C=O) groups excluding carboxylic acids is 1. The van der Waals surface area contributed by atoms with Crippen LogP contribution in [0, 0.1) is 0 Å². The van der Waals surface area contributed by atoms with E-state index >= 15 is 0 Å². The molecular formula is C27H24N2O4. The summed E-state index contributed by atoms with van der Waals surface area (Å²) >= 11 is 0. The molecule has 0 saturated heterocycles. The number of hydrogen-bond donors (Lipinski definition) is 1. The van der Waals surface area contributed by atoms with Gasteiger partial charge in [0.1, 0.15) is 19.0 Å². The Morgan fingerprint density at radius 2 is 1.48 bits per heavy atom. The lowest BCUT2D eigenvalue weighted by molar-refractivity contribution is 0.102. The van der Waals surface area contributed by atoms with Gasteiger partial charge >= 0.3 is 0 Å². The number of carbonyl (C=O) groups is 1. The second-order valence-electron chi connectivity index (χ2n) is 7.26. The number of nitrogens with one attached hydrogen (secondary N) is 1. The van der Waals surface area contributed by atoms with Crippen LogP contribution < -0.4 is 19.5 Å². The Kier molecular flexibility index (Phi) is 7.18. The molecule has 166 valence electrons. The molecule has 0 radical (unpaired) electrons. The van der Waals surface area contributed by atoms with Crippen molar-refractivity contribution >= 4 is 11.6 Å². The smallest absolute Gasteiger partial charge is 0.255 e. The highest BCUT2D eigenvalue weighted by atomic mass is 16.5. The first-order chi connectivity index (χ1) is 16.2. The summed E-state index contributed by atoms with van der Waals surface area (Å²) in [5.74, 6) is 1.54. The predicted molar refractivity (Wildman–Crippen MR) is 127 cm³/mol. The molecule has 0 aliphatic rings. The fraction of sp³-hybridized carbons (Fsp3) is 0.111. The molecule has 0 aliphatic carbocycles. The van der Waals surface area contributed by atoms with E-state index < -0.39 is 0 Å². The topological polar surface area (TPSA) is 69.7 Å². The number of methoxy groups -OCH3 is 1. The van der Waals surface area contributed by atoms with Gasteiger partial charge in [0, 0.05) is 23.6 Å². The molecular weight excluding hydrogens is 416 g/mol. The maximum Gasteiger partial charge on any atom is 0.255 e. The standard InChI is InChI=1S/C27H24N2O4/c1-31-26-17-22(7-12-25(26)33-19-21-13-15-28-16-14-21)27(30)29-23-8-10-24(11-9-23)32-18-20-5-3-2-4-6-20/h2-17H,18-19H2,1H3,(H,29,30). The molecule has 0 saturated carbocycles. The lowest BCUT2D eigenvalue weighted by atomic mass is 10.1. The molecule has 4 rings (SSSR count). The summed E-state index contributed by atoms with van der Waals surface area (Å²) in [6.07, 6.45) is 3.43. The van der Waals surface area contributed by atoms with Gasteiger partial charge in [0.05, 0.1) is 7.11 Å². The number of amides is 1. The number of ether oxygens (including phenoxy) is 3. The van der Waals surface area contributed by atoms with Gasteiger partial charge < -0.3 is 19.5 Å². The van der Waals surface area contributed by atoms with Gasteiger partial charge in [0.15, 0.2) is 11.5 Å². The van der Waals surface area contributed by atoms with Crippen LogP contribution in [0.5, 0.6) is 17.2 Å². The lowest BCUT2D eigenvalue weighted by Crippen LogP contribution is -2.12. The maximum atomic E-state index is 12.7. The van der Waals surface area contributed by atoms with Crippen molar-refractivity contribution in [1.82, 2.24) is 4.98 Å². The number of aromatic nitrogens is 1. The van der Waals surface area contributed by atoms with Gasteiger partial charge in [-0.25, -0.2) is 0 Å². The zero-order valence-electron chi connectivity index (χ0n) is 18.2. The molecule has 0 unspecified atom stereocenters. The number of nitrogens with zero attached hydrogens (tertiary/aromatic N) is 1. The Balaban J connectivity index is 1.35. The van der Waals surface area contributed by atoms with Crippen molar-refractivity contribution < 1.29 is 19.0 Å². The summed E-state index contributed by atoms with van der Waals surface area (Å²) in [6.45, 7) is 0.866. The minimum atomic E-state index is -0.244. The zero-order valence-corrected chi connectivity index (χ0v) is 18.2. The van der Waals surface area contributed by atoms with E-state index in [9.17, 15) is 4.79 Å². The molecule has 1 heterocycles. The molecule has 1 aromatic heterocycles. The number of pyridine rings is 1. The van der Waals surface area contributed by atoms with E-state index in [0.717, 1.165) is 16.9 Å². The average molecular weight is 440 g/mol. The van der Waals surface area contributed by atoms with Crippen LogP contribution in [0.3, 0.4) is 0 Å². The van der Waals surface area contributed by atoms with E-state index in [0.29, 0.717) is 36.0 Å². The van der Waals surface area contributed by atoms with Gasteiger partial charge in [0.2, 0.25) is 0 Å². The van der Waals surface area contributed by atoms with Gasteiger partial charge in [-0.1, -0.05) is 30.3 Å². The summed E-state index contributed by atoms with van der Waals surface area (Å²) in [7, 11) is 1.55. The first-order valence-electron chi connectivity index (χ1n) is 10.5. The predicted octanol–water partition coefficient (Wildman–Crippen LogP) is 5.50. The minimum absolute atomic E-state index is 0.244. The van der Waals surface area contributed by atoms with Crippen molar-refractivity contribution in [3.8, 4) is 17.2 Å². The molecule has 6 nitrogen and oxygen atoms in total. The molecule has 6 heteroatoms. The van der Waals surface area contributed by atoms with Crippen molar-refractivity contribution in [3.05, 3.63) is 114 Å². The Morgan fingerprint density at radius 1 is 0.788 bits per heavy atom. The highest BCUT2D eigenvalue weighted by Gasteiger charge is 2.12. The van der Waals surface area contributed by atoms with E-state index in [2.05, 4.69) is 10.3 Å². The van der Waals surface area contributed by atoms with Crippen LogP contribution >= 0.6 is 0 Å². The molecule has 1 amide bonds. The molecule has 0 atom stereocenters. The summed E-state index contributed by atoms with van der Waals surface area (Å²) < 4.78 is 17.0. The van der Waals surface area contributed by atoms with Crippen LogP contribution in [0.4, 0.5) is 5.69 Å². The van der Waals surface area contributed by atoms with Crippen LogP contribution in [-0.4, -0.2) is 18.0 Å². The molecule has 0 bridgehead atoms. The summed E-state index contributed by atoms with van der Waals surface area (Å²) in [4.78, 5) is 16.7. The Labute approximate surface area is 192 Å². The first kappa shape index (κ1) is 21.9. The maximum absolute atomic E-state index is 12.7. The van der Waals surface area contributed by atoms with Crippen LogP contribution in [0.25, 0.3) is 0 Å². The third-order valence-electron chi connectivity index (χ3n) is 4.93. The molecule has 3 aromatic carbocycles. The number of benzene rings is 3. The Morgan fingerprint density at radius 3 is 2.21 bits per heavy atom. The van der Waals surface area contributed by atoms with Crippen molar-refractivity contribution in [1.29, 1.82) is 0 Å². The minimum Gasteiger partial charge on any atom is -0.493 e. The van der Waals surface area contributed by atoms with E-state index in [4.69, 9.17) is 14.2 Å². The lowest BCUT2D eigenvalue weighted by Gasteiger charge is -2.13. The summed E-state index contributed by atoms with van der Waals surface area (Å²) in [5.41, 5.74) is 3.22. The molecule has 33 heavy (non-hydrogen) atoms. The second kappa shape index (κ2) is 10.8. The zero-order chi connectivity index (χ0) is 22.9. The van der Waals surface area contributed by atoms with E-state index in [1.807, 2.05) is 66.7 Å². The fourth-order valence-electron chi connectivity index (χ4n) is 3.15. The molecule has 4 aromatic rings. The number of anilines is 1. The van der Waals surface area contributed by atoms with Gasteiger partial charge in [-0.05, 0) is 65.7 Å². The van der Waals surface area contributed by atoms with Gasteiger partial charge in [-0.3, -0.25) is 9.78 Å². The normalized spacial score (nSPS) is 10.3. The number of hydrogen-bond acceptors (Lipinski definition) is 5. The summed E-state index contributed by atoms with van der Waals surface area (Å²) in [5, 5.41) is 2.89. The number of rotatable bonds is 9. The van der Waals surface area contributed by atoms with E-state index in [1.165, 1.54) is 0 Å². The largest absolute Gasteiger partial charge is 0.493 e. The highest BCUT2D eigenvalue weighted by Crippen LogP contribution is 2.29. The van der Waals surface area contributed by atoms with Crippen molar-refractivity contribution in [2.75, 3.05) is 12.4 Å². The summed E-state index contributed by atoms with van der Waals surface area (Å²) in [6, 6.07) is 26.1. The Bertz CT molecular complexity index is 1180. The van der Waals surface area contributed by atoms with E-state index in [-0.39, 0.29) is 5.91 Å². The molecule has 0 fully saturated rings. The molecule has 0 aliphatic heterocycles. The van der Waals surface area contributed by atoms with Crippen LogP contribution in [-0.2, 0) is 13.2 Å². The van der Waals surface area contributed by atoms with E-state index in [1.54, 1.807) is 37.7 Å². The second-order valence-corrected chi connectivity index (χ2v) is 7.26. The first-order valence-corrected chi connectivity index (χ1v) is 10.5. The van der Waals surface area contributed by atoms with Crippen molar-refractivity contribution in [2.24, 2.45) is 0 Å². The highest BCUT2D eigenvalue weighted by molar-refractivity contribution is 6.04. The third kappa shape index (κ3) is 6.11.